The molecule has 0 atom stereocenters. The van der Waals surface area contributed by atoms with Crippen LogP contribution in [0.2, 0.25) is 0 Å². The van der Waals surface area contributed by atoms with Crippen molar-refractivity contribution in [3.8, 4) is 0 Å². The lowest BCUT2D eigenvalue weighted by Gasteiger charge is -2.11. The van der Waals surface area contributed by atoms with Gasteiger partial charge < -0.3 is 5.11 Å². The number of pyridine rings is 1. The maximum absolute atomic E-state index is 9.64. The Morgan fingerprint density at radius 1 is 1.32 bits per heavy atom. The molecule has 0 saturated heterocycles. The lowest BCUT2D eigenvalue weighted by molar-refractivity contribution is 0.279. The number of nitrogens with zero attached hydrogens (tertiary/aromatic N) is 1. The number of thioether (sulfide) groups is 1. The number of fused-ring (bicyclic) bond motifs is 1. The van der Waals surface area contributed by atoms with Crippen LogP contribution in [0.4, 0.5) is 0 Å². The van der Waals surface area contributed by atoms with E-state index in [1.807, 2.05) is 37.3 Å². The highest BCUT2D eigenvalue weighted by molar-refractivity contribution is 8.03. The molecule has 2 nitrogen and oxygen atoms in total. The highest BCUT2D eigenvalue weighted by atomic mass is 32.2. The Bertz CT molecular complexity index is 716. The van der Waals surface area contributed by atoms with Crippen molar-refractivity contribution in [1.82, 2.24) is 4.98 Å². The number of hydrogen-bond acceptors (Lipinski definition) is 3. The molecule has 0 saturated carbocycles. The lowest BCUT2D eigenvalue weighted by atomic mass is 10.1. The summed E-state index contributed by atoms with van der Waals surface area (Å²) in [5.74, 6) is 0. The highest BCUT2D eigenvalue weighted by Crippen LogP contribution is 2.35. The lowest BCUT2D eigenvalue weighted by Crippen LogP contribution is -1.92. The summed E-state index contributed by atoms with van der Waals surface area (Å²) in [4.78, 5) is 6.64. The van der Waals surface area contributed by atoms with Crippen LogP contribution in [0.25, 0.3) is 10.9 Å². The molecule has 0 aliphatic heterocycles. The molecule has 1 N–H and O–H groups in total. The Morgan fingerprint density at radius 3 is 2.86 bits per heavy atom. The van der Waals surface area contributed by atoms with Gasteiger partial charge in [0, 0.05) is 26.9 Å². The molecular weight excluding hydrogens is 290 g/mol. The number of para-hydroxylation sites is 1. The zero-order valence-corrected chi connectivity index (χ0v) is 13.8. The SMILES string of the molecule is CC=C/C=C(\C=C/CC)Sc1c(CO)cnc2ccccc12. The van der Waals surface area contributed by atoms with Crippen LogP contribution in [0.3, 0.4) is 0 Å². The predicted molar refractivity (Wildman–Crippen MR) is 95.9 cm³/mol. The molecular formula is C19H21NOS. The maximum atomic E-state index is 9.64. The fraction of sp³-hybridized carbons (Fsp3) is 0.211. The molecule has 1 aromatic carbocycles. The van der Waals surface area contributed by atoms with Crippen LogP contribution in [-0.2, 0) is 6.61 Å². The molecule has 114 valence electrons. The van der Waals surface area contributed by atoms with Crippen molar-refractivity contribution in [3.63, 3.8) is 0 Å². The van der Waals surface area contributed by atoms with E-state index in [4.69, 9.17) is 0 Å². The van der Waals surface area contributed by atoms with Crippen molar-refractivity contribution in [2.75, 3.05) is 0 Å². The Hall–Kier alpha value is -1.84. The average molecular weight is 311 g/mol. The van der Waals surface area contributed by atoms with Gasteiger partial charge in [0.25, 0.3) is 0 Å². The number of hydrogen-bond donors (Lipinski definition) is 1. The van der Waals surface area contributed by atoms with Gasteiger partial charge in [0.2, 0.25) is 0 Å². The Balaban J connectivity index is 2.49. The van der Waals surface area contributed by atoms with Gasteiger partial charge in [-0.1, -0.05) is 61.2 Å². The van der Waals surface area contributed by atoms with Gasteiger partial charge in [0.05, 0.1) is 12.1 Å². The maximum Gasteiger partial charge on any atom is 0.0713 e. The fourth-order valence-electron chi connectivity index (χ4n) is 2.06. The molecule has 2 aromatic rings. The van der Waals surface area contributed by atoms with Gasteiger partial charge >= 0.3 is 0 Å². The summed E-state index contributed by atoms with van der Waals surface area (Å²) in [7, 11) is 0. The minimum Gasteiger partial charge on any atom is -0.392 e. The first-order chi connectivity index (χ1) is 10.8. The Labute approximate surface area is 136 Å². The van der Waals surface area contributed by atoms with E-state index < -0.39 is 0 Å². The van der Waals surface area contributed by atoms with Gasteiger partial charge in [-0.2, -0.15) is 0 Å². The fourth-order valence-corrected chi connectivity index (χ4v) is 3.13. The topological polar surface area (TPSA) is 33.1 Å². The summed E-state index contributed by atoms with van der Waals surface area (Å²) >= 11 is 1.67. The third kappa shape index (κ3) is 4.09. The van der Waals surface area contributed by atoms with Gasteiger partial charge in [-0.25, -0.2) is 0 Å². The molecule has 0 amide bonds. The normalized spacial score (nSPS) is 12.8. The molecule has 0 radical (unpaired) electrons. The van der Waals surface area contributed by atoms with Gasteiger partial charge in [0.15, 0.2) is 0 Å². The first kappa shape index (κ1) is 16.5. The van der Waals surface area contributed by atoms with E-state index in [0.29, 0.717) is 0 Å². The molecule has 22 heavy (non-hydrogen) atoms. The third-order valence-electron chi connectivity index (χ3n) is 3.16. The van der Waals surface area contributed by atoms with Crippen LogP contribution in [0.1, 0.15) is 25.8 Å². The van der Waals surface area contributed by atoms with E-state index in [0.717, 1.165) is 32.7 Å². The summed E-state index contributed by atoms with van der Waals surface area (Å²) in [5.41, 5.74) is 1.81. The van der Waals surface area contributed by atoms with Crippen molar-refractivity contribution in [2.45, 2.75) is 31.8 Å². The summed E-state index contributed by atoms with van der Waals surface area (Å²) in [6.45, 7) is 4.12. The molecule has 0 aliphatic rings. The molecule has 0 bridgehead atoms. The van der Waals surface area contributed by atoms with Gasteiger partial charge in [0.1, 0.15) is 0 Å². The third-order valence-corrected chi connectivity index (χ3v) is 4.35. The second-order valence-corrected chi connectivity index (χ2v) is 5.88. The minimum atomic E-state index is -0.00540. The van der Waals surface area contributed by atoms with E-state index >= 15 is 0 Å². The van der Waals surface area contributed by atoms with E-state index in [1.54, 1.807) is 18.0 Å². The minimum absolute atomic E-state index is 0.00540. The summed E-state index contributed by atoms with van der Waals surface area (Å²) in [6, 6.07) is 8.04. The Morgan fingerprint density at radius 2 is 2.14 bits per heavy atom. The summed E-state index contributed by atoms with van der Waals surface area (Å²) < 4.78 is 0. The molecule has 0 aliphatic carbocycles. The molecule has 2 rings (SSSR count). The molecule has 1 aromatic heterocycles. The van der Waals surface area contributed by atoms with Crippen molar-refractivity contribution in [1.29, 1.82) is 0 Å². The highest BCUT2D eigenvalue weighted by Gasteiger charge is 2.10. The smallest absolute Gasteiger partial charge is 0.0713 e. The predicted octanol–water partition coefficient (Wildman–Crippen LogP) is 5.25. The largest absolute Gasteiger partial charge is 0.392 e. The van der Waals surface area contributed by atoms with Crippen LogP contribution < -0.4 is 0 Å². The zero-order valence-electron chi connectivity index (χ0n) is 13.0. The van der Waals surface area contributed by atoms with E-state index in [9.17, 15) is 5.11 Å². The number of rotatable bonds is 6. The van der Waals surface area contributed by atoms with Crippen LogP contribution in [-0.4, -0.2) is 10.1 Å². The van der Waals surface area contributed by atoms with Crippen molar-refractivity contribution in [2.24, 2.45) is 0 Å². The molecule has 0 fully saturated rings. The number of benzene rings is 1. The monoisotopic (exact) mass is 311 g/mol. The van der Waals surface area contributed by atoms with Crippen molar-refractivity contribution < 1.29 is 5.11 Å². The average Bonchev–Trinajstić information content (AvgIpc) is 2.57. The van der Waals surface area contributed by atoms with Crippen LogP contribution >= 0.6 is 11.8 Å². The number of aromatic nitrogens is 1. The summed E-state index contributed by atoms with van der Waals surface area (Å²) in [5, 5.41) is 10.7. The number of allylic oxidation sites excluding steroid dienone is 5. The standard InChI is InChI=1S/C19H21NOS/c1-3-5-9-16(10-6-4-2)22-19-15(14-21)13-20-18-12-8-7-11-17(18)19/h3,5-13,21H,4,14H2,1-2H3/b5-3?,10-6-,16-9+. The molecule has 0 unspecified atom stereocenters. The van der Waals surface area contributed by atoms with E-state index in [2.05, 4.69) is 36.2 Å². The first-order valence-electron chi connectivity index (χ1n) is 7.45. The van der Waals surface area contributed by atoms with E-state index in [-0.39, 0.29) is 6.61 Å². The number of aliphatic hydroxyl groups excluding tert-OH is 1. The van der Waals surface area contributed by atoms with Crippen LogP contribution in [0.5, 0.6) is 0 Å². The zero-order chi connectivity index (χ0) is 15.8. The van der Waals surface area contributed by atoms with Crippen molar-refractivity contribution >= 4 is 22.7 Å². The number of aliphatic hydroxyl groups is 1. The van der Waals surface area contributed by atoms with Gasteiger partial charge in [-0.15, -0.1) is 0 Å². The molecule has 0 spiro atoms. The summed E-state index contributed by atoms with van der Waals surface area (Å²) in [6.07, 6.45) is 13.2. The van der Waals surface area contributed by atoms with E-state index in [1.165, 1.54) is 0 Å². The first-order valence-corrected chi connectivity index (χ1v) is 8.26. The van der Waals surface area contributed by atoms with Crippen LogP contribution in [0.15, 0.2) is 70.6 Å². The second kappa shape index (κ2) is 8.57. The quantitative estimate of drug-likeness (QED) is 0.584. The molecule has 3 heteroatoms. The second-order valence-electron chi connectivity index (χ2n) is 4.80. The van der Waals surface area contributed by atoms with Gasteiger partial charge in [-0.05, 0) is 25.5 Å². The van der Waals surface area contributed by atoms with Crippen molar-refractivity contribution in [3.05, 3.63) is 71.3 Å². The molecule has 1 heterocycles. The van der Waals surface area contributed by atoms with Crippen LogP contribution in [0, 0.1) is 0 Å². The van der Waals surface area contributed by atoms with Gasteiger partial charge in [-0.3, -0.25) is 4.98 Å². The Kier molecular flexibility index (Phi) is 6.44.